The van der Waals surface area contributed by atoms with Gasteiger partial charge in [0.05, 0.1) is 9.90 Å². The average molecular weight is 293 g/mol. The number of halogens is 2. The molecule has 0 aliphatic carbocycles. The van der Waals surface area contributed by atoms with Crippen molar-refractivity contribution >= 4 is 40.4 Å². The summed E-state index contributed by atoms with van der Waals surface area (Å²) in [6, 6.07) is 1.62. The monoisotopic (exact) mass is 292 g/mol. The molecule has 2 rings (SSSR count). The molecule has 1 fully saturated rings. The SMILES string of the molecule is CC1(NC(=O)c2cc(Cl)sc2Cl)CCNCC1. The van der Waals surface area contributed by atoms with Gasteiger partial charge in [0.25, 0.3) is 5.91 Å². The van der Waals surface area contributed by atoms with Crippen LogP contribution in [0.5, 0.6) is 0 Å². The van der Waals surface area contributed by atoms with E-state index in [0.29, 0.717) is 14.2 Å². The molecule has 1 aliphatic heterocycles. The highest BCUT2D eigenvalue weighted by Gasteiger charge is 2.29. The van der Waals surface area contributed by atoms with Gasteiger partial charge in [-0.05, 0) is 38.9 Å². The Morgan fingerprint density at radius 1 is 1.47 bits per heavy atom. The normalized spacial score (nSPS) is 19.0. The molecule has 0 aromatic carbocycles. The predicted octanol–water partition coefficient (Wildman–Crippen LogP) is 2.93. The van der Waals surface area contributed by atoms with Crippen molar-refractivity contribution < 1.29 is 4.79 Å². The van der Waals surface area contributed by atoms with Crippen LogP contribution >= 0.6 is 34.5 Å². The molecule has 2 heterocycles. The predicted molar refractivity (Wildman–Crippen MR) is 72.3 cm³/mol. The van der Waals surface area contributed by atoms with E-state index in [2.05, 4.69) is 17.6 Å². The van der Waals surface area contributed by atoms with Crippen LogP contribution in [-0.2, 0) is 0 Å². The van der Waals surface area contributed by atoms with E-state index in [1.807, 2.05) is 0 Å². The lowest BCUT2D eigenvalue weighted by molar-refractivity contribution is 0.0888. The van der Waals surface area contributed by atoms with Crippen LogP contribution in [0.3, 0.4) is 0 Å². The van der Waals surface area contributed by atoms with Crippen molar-refractivity contribution in [2.75, 3.05) is 13.1 Å². The molecular weight excluding hydrogens is 279 g/mol. The zero-order chi connectivity index (χ0) is 12.5. The third kappa shape index (κ3) is 3.13. The number of amides is 1. The number of thiophene rings is 1. The maximum atomic E-state index is 12.1. The van der Waals surface area contributed by atoms with E-state index in [9.17, 15) is 4.79 Å². The first-order chi connectivity index (χ1) is 8.00. The van der Waals surface area contributed by atoms with Gasteiger partial charge in [-0.1, -0.05) is 23.2 Å². The van der Waals surface area contributed by atoms with E-state index in [0.717, 1.165) is 25.9 Å². The molecule has 2 N–H and O–H groups in total. The zero-order valence-corrected chi connectivity index (χ0v) is 11.8. The van der Waals surface area contributed by atoms with Gasteiger partial charge >= 0.3 is 0 Å². The van der Waals surface area contributed by atoms with Gasteiger partial charge < -0.3 is 10.6 Å². The number of carbonyl (C=O) groups is 1. The molecule has 0 atom stereocenters. The molecule has 0 bridgehead atoms. The fourth-order valence-corrected chi connectivity index (χ4v) is 3.40. The summed E-state index contributed by atoms with van der Waals surface area (Å²) in [5, 5.41) is 6.32. The molecule has 0 saturated carbocycles. The quantitative estimate of drug-likeness (QED) is 0.880. The summed E-state index contributed by atoms with van der Waals surface area (Å²) in [5.41, 5.74) is 0.321. The first-order valence-electron chi connectivity index (χ1n) is 5.48. The molecule has 1 aromatic rings. The van der Waals surface area contributed by atoms with Gasteiger partial charge in [-0.25, -0.2) is 0 Å². The van der Waals surface area contributed by atoms with Crippen LogP contribution in [0.15, 0.2) is 6.07 Å². The van der Waals surface area contributed by atoms with Gasteiger partial charge in [-0.15, -0.1) is 11.3 Å². The average Bonchev–Trinajstić information content (AvgIpc) is 2.58. The lowest BCUT2D eigenvalue weighted by Crippen LogP contribution is -2.52. The van der Waals surface area contributed by atoms with Crippen LogP contribution in [0.25, 0.3) is 0 Å². The fraction of sp³-hybridized carbons (Fsp3) is 0.545. The van der Waals surface area contributed by atoms with Crippen LogP contribution in [0.4, 0.5) is 0 Å². The van der Waals surface area contributed by atoms with E-state index >= 15 is 0 Å². The van der Waals surface area contributed by atoms with E-state index in [-0.39, 0.29) is 11.4 Å². The Labute approximate surface area is 114 Å². The lowest BCUT2D eigenvalue weighted by atomic mass is 9.90. The van der Waals surface area contributed by atoms with Crippen LogP contribution < -0.4 is 10.6 Å². The molecule has 0 spiro atoms. The summed E-state index contributed by atoms with van der Waals surface area (Å²) >= 11 is 13.0. The first kappa shape index (κ1) is 13.1. The van der Waals surface area contributed by atoms with Gasteiger partial charge in [0.2, 0.25) is 0 Å². The maximum absolute atomic E-state index is 12.1. The minimum absolute atomic E-state index is 0.137. The second kappa shape index (κ2) is 5.14. The van der Waals surface area contributed by atoms with Crippen molar-refractivity contribution in [3.63, 3.8) is 0 Å². The van der Waals surface area contributed by atoms with Gasteiger partial charge in [0, 0.05) is 5.54 Å². The first-order valence-corrected chi connectivity index (χ1v) is 7.05. The Morgan fingerprint density at radius 3 is 2.65 bits per heavy atom. The second-order valence-corrected chi connectivity index (χ2v) is 6.79. The molecule has 0 radical (unpaired) electrons. The number of piperidine rings is 1. The number of carbonyl (C=O) groups excluding carboxylic acids is 1. The summed E-state index contributed by atoms with van der Waals surface area (Å²) in [5.74, 6) is -0.137. The molecule has 17 heavy (non-hydrogen) atoms. The minimum atomic E-state index is -0.153. The van der Waals surface area contributed by atoms with E-state index in [1.165, 1.54) is 11.3 Å². The van der Waals surface area contributed by atoms with Crippen LogP contribution in [0.2, 0.25) is 8.67 Å². The number of hydrogen-bond donors (Lipinski definition) is 2. The Hall–Kier alpha value is -0.290. The second-order valence-electron chi connectivity index (χ2n) is 4.50. The number of hydrogen-bond acceptors (Lipinski definition) is 3. The summed E-state index contributed by atoms with van der Waals surface area (Å²) in [7, 11) is 0. The van der Waals surface area contributed by atoms with Crippen molar-refractivity contribution in [2.45, 2.75) is 25.3 Å². The molecule has 1 aliphatic rings. The van der Waals surface area contributed by atoms with Crippen molar-refractivity contribution in [1.29, 1.82) is 0 Å². The maximum Gasteiger partial charge on any atom is 0.254 e. The highest BCUT2D eigenvalue weighted by molar-refractivity contribution is 7.20. The van der Waals surface area contributed by atoms with E-state index in [4.69, 9.17) is 23.2 Å². The largest absolute Gasteiger partial charge is 0.347 e. The molecule has 94 valence electrons. The highest BCUT2D eigenvalue weighted by atomic mass is 35.5. The van der Waals surface area contributed by atoms with Crippen molar-refractivity contribution in [3.05, 3.63) is 20.3 Å². The zero-order valence-electron chi connectivity index (χ0n) is 9.48. The number of nitrogens with one attached hydrogen (secondary N) is 2. The van der Waals surface area contributed by atoms with Gasteiger partial charge in [-0.2, -0.15) is 0 Å². The van der Waals surface area contributed by atoms with Crippen molar-refractivity contribution in [1.82, 2.24) is 10.6 Å². The smallest absolute Gasteiger partial charge is 0.254 e. The Bertz CT molecular complexity index is 427. The minimum Gasteiger partial charge on any atom is -0.347 e. The van der Waals surface area contributed by atoms with Crippen LogP contribution in [0, 0.1) is 0 Å². The van der Waals surface area contributed by atoms with Crippen LogP contribution in [-0.4, -0.2) is 24.5 Å². The summed E-state index contributed by atoms with van der Waals surface area (Å²) in [6.07, 6.45) is 1.85. The molecule has 1 saturated heterocycles. The summed E-state index contributed by atoms with van der Waals surface area (Å²) in [6.45, 7) is 3.91. The summed E-state index contributed by atoms with van der Waals surface area (Å²) < 4.78 is 0.987. The van der Waals surface area contributed by atoms with Crippen molar-refractivity contribution in [3.8, 4) is 0 Å². The van der Waals surface area contributed by atoms with Crippen LogP contribution in [0.1, 0.15) is 30.1 Å². The molecule has 6 heteroatoms. The lowest BCUT2D eigenvalue weighted by Gasteiger charge is -2.34. The molecule has 1 amide bonds. The molecule has 3 nitrogen and oxygen atoms in total. The third-order valence-corrected chi connectivity index (χ3v) is 4.51. The van der Waals surface area contributed by atoms with E-state index in [1.54, 1.807) is 6.07 Å². The van der Waals surface area contributed by atoms with Crippen molar-refractivity contribution in [2.24, 2.45) is 0 Å². The Balaban J connectivity index is 2.08. The highest BCUT2D eigenvalue weighted by Crippen LogP contribution is 2.31. The molecule has 0 unspecified atom stereocenters. The van der Waals surface area contributed by atoms with Gasteiger partial charge in [0.1, 0.15) is 4.34 Å². The van der Waals surface area contributed by atoms with E-state index < -0.39 is 0 Å². The third-order valence-electron chi connectivity index (χ3n) is 3.02. The number of rotatable bonds is 2. The van der Waals surface area contributed by atoms with Gasteiger partial charge in [-0.3, -0.25) is 4.79 Å². The molecule has 1 aromatic heterocycles. The Kier molecular flexibility index (Phi) is 3.98. The topological polar surface area (TPSA) is 41.1 Å². The fourth-order valence-electron chi connectivity index (χ4n) is 1.94. The molecular formula is C11H14Cl2N2OS. The Morgan fingerprint density at radius 2 is 2.12 bits per heavy atom. The van der Waals surface area contributed by atoms with Gasteiger partial charge in [0.15, 0.2) is 0 Å². The standard InChI is InChI=1S/C11H14Cl2N2OS/c1-11(2-4-14-5-3-11)15-10(16)7-6-8(12)17-9(7)13/h6,14H,2-5H2,1H3,(H,15,16). The summed E-state index contributed by atoms with van der Waals surface area (Å²) in [4.78, 5) is 12.1.